The molecule has 1 aliphatic rings. The van der Waals surface area contributed by atoms with Crippen LogP contribution >= 0.6 is 11.3 Å². The number of hydrogen-bond acceptors (Lipinski definition) is 5. The maximum Gasteiger partial charge on any atom is 0.357 e. The SMILES string of the molecule is CCOC1(c2nc(C(=O)OC)c(C)s2)CCCCCC1. The van der Waals surface area contributed by atoms with E-state index in [4.69, 9.17) is 9.47 Å². The molecule has 2 rings (SSSR count). The first-order valence-electron chi connectivity index (χ1n) is 7.33. The topological polar surface area (TPSA) is 48.4 Å². The Morgan fingerprint density at radius 3 is 2.50 bits per heavy atom. The summed E-state index contributed by atoms with van der Waals surface area (Å²) in [7, 11) is 1.39. The number of hydrogen-bond donors (Lipinski definition) is 0. The number of thiazole rings is 1. The second-order valence-electron chi connectivity index (χ2n) is 5.26. The number of esters is 1. The van der Waals surface area contributed by atoms with Crippen LogP contribution in [0.4, 0.5) is 0 Å². The minimum absolute atomic E-state index is 0.299. The van der Waals surface area contributed by atoms with E-state index in [0.717, 1.165) is 35.6 Å². The van der Waals surface area contributed by atoms with Gasteiger partial charge < -0.3 is 9.47 Å². The highest BCUT2D eigenvalue weighted by atomic mass is 32.1. The Labute approximate surface area is 124 Å². The zero-order valence-electron chi connectivity index (χ0n) is 12.5. The van der Waals surface area contributed by atoms with E-state index in [0.29, 0.717) is 12.3 Å². The number of aryl methyl sites for hydroxylation is 1. The van der Waals surface area contributed by atoms with Crippen LogP contribution in [0, 0.1) is 6.92 Å². The van der Waals surface area contributed by atoms with E-state index >= 15 is 0 Å². The van der Waals surface area contributed by atoms with Gasteiger partial charge in [-0.1, -0.05) is 25.7 Å². The Balaban J connectivity index is 2.36. The fourth-order valence-electron chi connectivity index (χ4n) is 2.87. The molecule has 112 valence electrons. The summed E-state index contributed by atoms with van der Waals surface area (Å²) in [5, 5.41) is 0.944. The van der Waals surface area contributed by atoms with Crippen molar-refractivity contribution < 1.29 is 14.3 Å². The zero-order valence-corrected chi connectivity index (χ0v) is 13.3. The molecule has 0 N–H and O–H groups in total. The molecule has 20 heavy (non-hydrogen) atoms. The van der Waals surface area contributed by atoms with Gasteiger partial charge in [-0.3, -0.25) is 0 Å². The van der Waals surface area contributed by atoms with Gasteiger partial charge in [0.25, 0.3) is 0 Å². The maximum absolute atomic E-state index is 11.7. The van der Waals surface area contributed by atoms with E-state index in [1.54, 1.807) is 11.3 Å². The summed E-state index contributed by atoms with van der Waals surface area (Å²) in [6.45, 7) is 4.62. The monoisotopic (exact) mass is 297 g/mol. The number of carbonyl (C=O) groups excluding carboxylic acids is 1. The van der Waals surface area contributed by atoms with E-state index in [-0.39, 0.29) is 11.6 Å². The van der Waals surface area contributed by atoms with Crippen LogP contribution < -0.4 is 0 Å². The van der Waals surface area contributed by atoms with Gasteiger partial charge in [0.05, 0.1) is 7.11 Å². The van der Waals surface area contributed by atoms with Crippen molar-refractivity contribution in [1.29, 1.82) is 0 Å². The molecular formula is C15H23NO3S. The van der Waals surface area contributed by atoms with Crippen LogP contribution in [0.3, 0.4) is 0 Å². The number of nitrogens with zero attached hydrogens (tertiary/aromatic N) is 1. The van der Waals surface area contributed by atoms with Crippen LogP contribution in [0.1, 0.15) is 65.8 Å². The average Bonchev–Trinajstić information content (AvgIpc) is 2.69. The molecule has 0 amide bonds. The first-order chi connectivity index (χ1) is 9.63. The third kappa shape index (κ3) is 3.04. The Bertz CT molecular complexity index is 462. The van der Waals surface area contributed by atoms with Gasteiger partial charge in [-0.25, -0.2) is 9.78 Å². The predicted octanol–water partition coefficient (Wildman–Crippen LogP) is 3.82. The zero-order chi connectivity index (χ0) is 14.6. The molecule has 0 aliphatic heterocycles. The number of ether oxygens (including phenoxy) is 2. The fraction of sp³-hybridized carbons (Fsp3) is 0.733. The Morgan fingerprint density at radius 2 is 1.95 bits per heavy atom. The summed E-state index contributed by atoms with van der Waals surface area (Å²) in [6.07, 6.45) is 6.81. The molecule has 1 aromatic heterocycles. The molecule has 0 atom stereocenters. The molecule has 0 saturated heterocycles. The highest BCUT2D eigenvalue weighted by Gasteiger charge is 2.37. The first-order valence-corrected chi connectivity index (χ1v) is 8.15. The number of methoxy groups -OCH3 is 1. The van der Waals surface area contributed by atoms with Crippen molar-refractivity contribution in [2.45, 2.75) is 58.0 Å². The Morgan fingerprint density at radius 1 is 1.30 bits per heavy atom. The van der Waals surface area contributed by atoms with Gasteiger partial charge >= 0.3 is 5.97 Å². The quantitative estimate of drug-likeness (QED) is 0.626. The number of carbonyl (C=O) groups is 1. The second-order valence-corrected chi connectivity index (χ2v) is 6.46. The summed E-state index contributed by atoms with van der Waals surface area (Å²) in [6, 6.07) is 0. The van der Waals surface area contributed by atoms with Crippen molar-refractivity contribution in [1.82, 2.24) is 4.98 Å². The standard InChI is InChI=1S/C15H23NO3S/c1-4-19-15(9-7-5-6-8-10-15)14-16-12(11(2)20-14)13(17)18-3/h4-10H2,1-3H3. The smallest absolute Gasteiger partial charge is 0.357 e. The van der Waals surface area contributed by atoms with Gasteiger partial charge in [0.1, 0.15) is 10.6 Å². The average molecular weight is 297 g/mol. The van der Waals surface area contributed by atoms with Crippen LogP contribution in [0.5, 0.6) is 0 Å². The minimum atomic E-state index is -0.356. The molecule has 1 aromatic rings. The van der Waals surface area contributed by atoms with Gasteiger partial charge in [-0.2, -0.15) is 0 Å². The van der Waals surface area contributed by atoms with Gasteiger partial charge in [0.2, 0.25) is 0 Å². The molecule has 0 spiro atoms. The third-order valence-electron chi connectivity index (χ3n) is 3.90. The Kier molecular flexibility index (Phi) is 5.16. The fourth-order valence-corrected chi connectivity index (χ4v) is 3.97. The van der Waals surface area contributed by atoms with Gasteiger partial charge in [0, 0.05) is 11.5 Å². The molecule has 1 heterocycles. The molecule has 5 heteroatoms. The van der Waals surface area contributed by atoms with Crippen molar-refractivity contribution in [3.63, 3.8) is 0 Å². The Hall–Kier alpha value is -0.940. The van der Waals surface area contributed by atoms with Crippen molar-refractivity contribution in [3.05, 3.63) is 15.6 Å². The van der Waals surface area contributed by atoms with Crippen LogP contribution in [0.25, 0.3) is 0 Å². The molecule has 0 bridgehead atoms. The van der Waals surface area contributed by atoms with Crippen LogP contribution in [0.2, 0.25) is 0 Å². The van der Waals surface area contributed by atoms with Crippen LogP contribution in [-0.2, 0) is 15.1 Å². The van der Waals surface area contributed by atoms with Gasteiger partial charge in [-0.15, -0.1) is 11.3 Å². The predicted molar refractivity (Wildman–Crippen MR) is 79.2 cm³/mol. The lowest BCUT2D eigenvalue weighted by atomic mass is 9.95. The molecule has 1 fully saturated rings. The van der Waals surface area contributed by atoms with Crippen molar-refractivity contribution in [2.24, 2.45) is 0 Å². The van der Waals surface area contributed by atoms with E-state index in [2.05, 4.69) is 4.98 Å². The van der Waals surface area contributed by atoms with Crippen molar-refractivity contribution >= 4 is 17.3 Å². The molecule has 0 aromatic carbocycles. The largest absolute Gasteiger partial charge is 0.464 e. The summed E-state index contributed by atoms with van der Waals surface area (Å²) < 4.78 is 10.9. The lowest BCUT2D eigenvalue weighted by Gasteiger charge is -2.30. The van der Waals surface area contributed by atoms with E-state index in [1.165, 1.54) is 20.0 Å². The van der Waals surface area contributed by atoms with E-state index < -0.39 is 0 Å². The van der Waals surface area contributed by atoms with Crippen LogP contribution in [0.15, 0.2) is 0 Å². The summed E-state index contributed by atoms with van der Waals surface area (Å²) in [4.78, 5) is 17.2. The molecule has 4 nitrogen and oxygen atoms in total. The second kappa shape index (κ2) is 6.68. The lowest BCUT2D eigenvalue weighted by molar-refractivity contribution is -0.0560. The first kappa shape index (κ1) is 15.4. The maximum atomic E-state index is 11.7. The molecule has 0 radical (unpaired) electrons. The molecule has 0 unspecified atom stereocenters. The lowest BCUT2D eigenvalue weighted by Crippen LogP contribution is -2.29. The third-order valence-corrected chi connectivity index (χ3v) is 5.05. The highest BCUT2D eigenvalue weighted by Crippen LogP contribution is 2.41. The highest BCUT2D eigenvalue weighted by molar-refractivity contribution is 7.12. The summed E-state index contributed by atoms with van der Waals surface area (Å²) >= 11 is 1.58. The van der Waals surface area contributed by atoms with Crippen LogP contribution in [-0.4, -0.2) is 24.7 Å². The molecular weight excluding hydrogens is 274 g/mol. The van der Waals surface area contributed by atoms with E-state index in [1.807, 2.05) is 13.8 Å². The molecule has 1 aliphatic carbocycles. The summed E-state index contributed by atoms with van der Waals surface area (Å²) in [5.41, 5.74) is 0.142. The number of rotatable bonds is 4. The van der Waals surface area contributed by atoms with Gasteiger partial charge in [-0.05, 0) is 26.7 Å². The van der Waals surface area contributed by atoms with Crippen molar-refractivity contribution in [3.8, 4) is 0 Å². The van der Waals surface area contributed by atoms with Gasteiger partial charge in [0.15, 0.2) is 5.69 Å². The number of aromatic nitrogens is 1. The molecule has 1 saturated carbocycles. The minimum Gasteiger partial charge on any atom is -0.464 e. The summed E-state index contributed by atoms with van der Waals surface area (Å²) in [5.74, 6) is -0.356. The van der Waals surface area contributed by atoms with Crippen molar-refractivity contribution in [2.75, 3.05) is 13.7 Å². The van der Waals surface area contributed by atoms with E-state index in [9.17, 15) is 4.79 Å². The normalized spacial score (nSPS) is 18.6.